The number of rotatable bonds is 3. The zero-order chi connectivity index (χ0) is 20.0. The number of aromatic hydroxyl groups is 1. The minimum atomic E-state index is -1.13. The zero-order valence-electron chi connectivity index (χ0n) is 14.8. The van der Waals surface area contributed by atoms with Gasteiger partial charge in [0.25, 0.3) is 0 Å². The minimum Gasteiger partial charge on any atom is -0.508 e. The van der Waals surface area contributed by atoms with Crippen molar-refractivity contribution < 1.29 is 29.6 Å². The number of aromatic carboxylic acids is 1. The molecule has 1 heterocycles. The van der Waals surface area contributed by atoms with Crippen LogP contribution in [0.2, 0.25) is 0 Å². The predicted octanol–water partition coefficient (Wildman–Crippen LogP) is 3.30. The van der Waals surface area contributed by atoms with E-state index in [1.54, 1.807) is 24.3 Å². The molecule has 3 N–H and O–H groups in total. The highest BCUT2D eigenvalue weighted by molar-refractivity contribution is 6.03. The fraction of sp³-hybridized carbons (Fsp3) is 0.0909. The van der Waals surface area contributed by atoms with Gasteiger partial charge in [0.05, 0.1) is 11.7 Å². The molecule has 0 bridgehead atoms. The van der Waals surface area contributed by atoms with Gasteiger partial charge in [0.2, 0.25) is 0 Å². The van der Waals surface area contributed by atoms with Crippen molar-refractivity contribution in [2.75, 3.05) is 0 Å². The highest BCUT2D eigenvalue weighted by atomic mass is 16.5. The lowest BCUT2D eigenvalue weighted by Crippen LogP contribution is -2.17. The second-order valence-electron chi connectivity index (χ2n) is 6.57. The molecule has 0 amide bonds. The third-order valence-electron chi connectivity index (χ3n) is 4.70. The van der Waals surface area contributed by atoms with Crippen LogP contribution in [0, 0.1) is 0 Å². The fourth-order valence-electron chi connectivity index (χ4n) is 3.39. The molecule has 2 aliphatic rings. The number of phenolic OH excluding ortho intramolecular Hbond substituents is 1. The second-order valence-corrected chi connectivity index (χ2v) is 6.57. The Hall–Kier alpha value is -3.64. The smallest absolute Gasteiger partial charge is 0.336 e. The van der Waals surface area contributed by atoms with Gasteiger partial charge in [-0.1, -0.05) is 18.2 Å². The lowest BCUT2D eigenvalue weighted by molar-refractivity contribution is 0.0696. The summed E-state index contributed by atoms with van der Waals surface area (Å²) in [4.78, 5) is 23.8. The molecule has 1 aliphatic carbocycles. The number of aliphatic hydroxyl groups is 1. The molecule has 1 atom stereocenters. The molecule has 0 aromatic heterocycles. The molecule has 1 aliphatic heterocycles. The Morgan fingerprint density at radius 3 is 2.57 bits per heavy atom. The number of carboxylic acid groups (broad SMARTS) is 1. The molecule has 0 saturated heterocycles. The molecule has 0 saturated carbocycles. The minimum absolute atomic E-state index is 0.00926. The van der Waals surface area contributed by atoms with E-state index in [-0.39, 0.29) is 17.1 Å². The van der Waals surface area contributed by atoms with E-state index >= 15 is 0 Å². The number of hydrogen-bond donors (Lipinski definition) is 3. The highest BCUT2D eigenvalue weighted by Gasteiger charge is 2.29. The van der Waals surface area contributed by atoms with Crippen molar-refractivity contribution in [2.45, 2.75) is 13.0 Å². The van der Waals surface area contributed by atoms with E-state index in [1.165, 1.54) is 37.3 Å². The number of phenols is 1. The summed E-state index contributed by atoms with van der Waals surface area (Å²) in [5.74, 6) is -0.641. The van der Waals surface area contributed by atoms with Crippen LogP contribution in [0.3, 0.4) is 0 Å². The number of carbonyl (C=O) groups excluding carboxylic acids is 1. The van der Waals surface area contributed by atoms with Crippen LogP contribution in [0.1, 0.15) is 38.8 Å². The number of ether oxygens (including phenoxy) is 1. The molecular weight excluding hydrogens is 360 g/mol. The summed E-state index contributed by atoms with van der Waals surface area (Å²) < 4.78 is 5.83. The van der Waals surface area contributed by atoms with Crippen LogP contribution < -0.4 is 4.74 Å². The quantitative estimate of drug-likeness (QED) is 0.710. The van der Waals surface area contributed by atoms with Crippen molar-refractivity contribution in [3.63, 3.8) is 0 Å². The van der Waals surface area contributed by atoms with Crippen LogP contribution in [0.4, 0.5) is 0 Å². The lowest BCUT2D eigenvalue weighted by Gasteiger charge is -2.28. The second kappa shape index (κ2) is 6.51. The molecule has 0 fully saturated rings. The van der Waals surface area contributed by atoms with Crippen LogP contribution in [-0.2, 0) is 0 Å². The monoisotopic (exact) mass is 376 g/mol. The van der Waals surface area contributed by atoms with Gasteiger partial charge in [0.1, 0.15) is 17.3 Å². The summed E-state index contributed by atoms with van der Waals surface area (Å²) in [5, 5.41) is 29.5. The van der Waals surface area contributed by atoms with Crippen LogP contribution >= 0.6 is 0 Å². The van der Waals surface area contributed by atoms with E-state index in [2.05, 4.69) is 0 Å². The van der Waals surface area contributed by atoms with Gasteiger partial charge in [-0.3, -0.25) is 4.79 Å². The van der Waals surface area contributed by atoms with Crippen LogP contribution in [-0.4, -0.2) is 33.2 Å². The molecule has 0 spiro atoms. The molecule has 2 aromatic rings. The van der Waals surface area contributed by atoms with E-state index in [1.807, 2.05) is 0 Å². The van der Waals surface area contributed by atoms with Gasteiger partial charge in [0.15, 0.2) is 5.78 Å². The van der Waals surface area contributed by atoms with E-state index < -0.39 is 12.1 Å². The number of ketones is 1. The first-order valence-electron chi connectivity index (χ1n) is 8.58. The lowest BCUT2D eigenvalue weighted by atomic mass is 9.84. The number of carbonyl (C=O) groups is 2. The Balaban J connectivity index is 2.08. The molecule has 2 aromatic carbocycles. The Morgan fingerprint density at radius 2 is 1.86 bits per heavy atom. The van der Waals surface area contributed by atoms with Gasteiger partial charge in [-0.25, -0.2) is 4.79 Å². The summed E-state index contributed by atoms with van der Waals surface area (Å²) >= 11 is 0. The van der Waals surface area contributed by atoms with Crippen molar-refractivity contribution >= 4 is 17.3 Å². The van der Waals surface area contributed by atoms with Gasteiger partial charge >= 0.3 is 5.97 Å². The predicted molar refractivity (Wildman–Crippen MR) is 101 cm³/mol. The Morgan fingerprint density at radius 1 is 1.07 bits per heavy atom. The van der Waals surface area contributed by atoms with E-state index in [9.17, 15) is 24.9 Å². The average Bonchev–Trinajstić information content (AvgIpc) is 2.65. The van der Waals surface area contributed by atoms with Gasteiger partial charge in [0, 0.05) is 28.3 Å². The van der Waals surface area contributed by atoms with Crippen molar-refractivity contribution in [1.29, 1.82) is 0 Å². The number of benzene rings is 2. The maximum absolute atomic E-state index is 11.9. The number of carboxylic acids is 1. The third kappa shape index (κ3) is 2.90. The number of hydrogen-bond acceptors (Lipinski definition) is 5. The first-order valence-corrected chi connectivity index (χ1v) is 8.58. The van der Waals surface area contributed by atoms with Crippen molar-refractivity contribution in [3.8, 4) is 11.5 Å². The van der Waals surface area contributed by atoms with Gasteiger partial charge < -0.3 is 20.1 Å². The number of fused-ring (bicyclic) bond motifs is 2. The van der Waals surface area contributed by atoms with E-state index in [0.717, 1.165) is 0 Å². The van der Waals surface area contributed by atoms with E-state index in [4.69, 9.17) is 4.74 Å². The summed E-state index contributed by atoms with van der Waals surface area (Å²) in [7, 11) is 0. The highest BCUT2D eigenvalue weighted by Crippen LogP contribution is 2.45. The SMILES string of the molecule is CC(=O)c1ccc(C(=O)O)c(C2=C3C=CC(O)C=C3Oc3cc(O)ccc32)c1. The van der Waals surface area contributed by atoms with Gasteiger partial charge in [-0.15, -0.1) is 0 Å². The van der Waals surface area contributed by atoms with Crippen molar-refractivity contribution in [3.05, 3.63) is 88.2 Å². The largest absolute Gasteiger partial charge is 0.508 e. The first kappa shape index (κ1) is 17.8. The maximum Gasteiger partial charge on any atom is 0.336 e. The zero-order valence-corrected chi connectivity index (χ0v) is 14.8. The number of Topliss-reactive ketones (excluding diaryl/α,β-unsaturated/α-hetero) is 1. The summed E-state index contributed by atoms with van der Waals surface area (Å²) in [6.45, 7) is 1.41. The van der Waals surface area contributed by atoms with Crippen LogP contribution in [0.15, 0.2) is 66.0 Å². The normalized spacial score (nSPS) is 17.4. The van der Waals surface area contributed by atoms with Crippen LogP contribution in [0.25, 0.3) is 5.57 Å². The molecule has 0 radical (unpaired) electrons. The molecule has 1 unspecified atom stereocenters. The molecule has 6 nitrogen and oxygen atoms in total. The molecule has 6 heteroatoms. The Labute approximate surface area is 160 Å². The Bertz CT molecular complexity index is 1120. The standard InChI is InChI=1S/C22H16O6/c1-11(23)12-2-5-15(22(26)27)18(8-12)21-16-6-3-13(24)9-19(16)28-20-10-14(25)4-7-17(20)21/h2-10,13,24-25H,1H3,(H,26,27). The summed E-state index contributed by atoms with van der Waals surface area (Å²) in [6.07, 6.45) is 3.87. The van der Waals surface area contributed by atoms with Gasteiger partial charge in [-0.05, 0) is 42.8 Å². The van der Waals surface area contributed by atoms with Crippen molar-refractivity contribution in [1.82, 2.24) is 0 Å². The first-order chi connectivity index (χ1) is 13.3. The molecule has 140 valence electrons. The molecule has 4 rings (SSSR count). The summed E-state index contributed by atoms with van der Waals surface area (Å²) in [6, 6.07) is 8.97. The number of allylic oxidation sites excluding steroid dienone is 1. The average molecular weight is 376 g/mol. The number of aliphatic hydroxyl groups excluding tert-OH is 1. The van der Waals surface area contributed by atoms with E-state index in [0.29, 0.717) is 39.3 Å². The van der Waals surface area contributed by atoms with Gasteiger partial charge in [-0.2, -0.15) is 0 Å². The van der Waals surface area contributed by atoms with Crippen molar-refractivity contribution in [2.24, 2.45) is 0 Å². The molecule has 28 heavy (non-hydrogen) atoms. The topological polar surface area (TPSA) is 104 Å². The molecular formula is C22H16O6. The Kier molecular flexibility index (Phi) is 4.13. The third-order valence-corrected chi connectivity index (χ3v) is 4.70. The summed E-state index contributed by atoms with van der Waals surface area (Å²) in [5.41, 5.74) is 2.49. The van der Waals surface area contributed by atoms with Crippen LogP contribution in [0.5, 0.6) is 11.5 Å². The maximum atomic E-state index is 11.9. The fourth-order valence-corrected chi connectivity index (χ4v) is 3.39.